The molecular weight excluding hydrogens is 469 g/mol. The molecule has 6 nitrogen and oxygen atoms in total. The molecular formula is C18H27F2IN4O2. The molecule has 1 amide bonds. The number of amides is 1. The van der Waals surface area contributed by atoms with Crippen LogP contribution in [0.5, 0.6) is 0 Å². The highest BCUT2D eigenvalue weighted by Crippen LogP contribution is 2.12. The van der Waals surface area contributed by atoms with Crippen LogP contribution in [0.15, 0.2) is 23.2 Å². The number of guanidine groups is 1. The Morgan fingerprint density at radius 1 is 1.19 bits per heavy atom. The van der Waals surface area contributed by atoms with E-state index in [1.807, 2.05) is 25.7 Å². The van der Waals surface area contributed by atoms with Gasteiger partial charge in [-0.25, -0.2) is 13.6 Å². The van der Waals surface area contributed by atoms with Crippen molar-refractivity contribution in [2.75, 3.05) is 32.7 Å². The standard InChI is InChI=1S/C18H26F2N4O2.HI/c1-18(2,3)26-17(25)24-10-8-23(9-11-24)16(21)22-7-6-13-12-14(19)4-5-15(13)20;/h4-5,12H,6-11H2,1-3H3,(H2,21,22);1H. The summed E-state index contributed by atoms with van der Waals surface area (Å²) in [4.78, 5) is 19.8. The molecule has 0 unspecified atom stereocenters. The zero-order chi connectivity index (χ0) is 19.3. The third-order valence-corrected chi connectivity index (χ3v) is 3.92. The fourth-order valence-corrected chi connectivity index (χ4v) is 2.57. The van der Waals surface area contributed by atoms with Crippen LogP contribution in [-0.4, -0.2) is 60.2 Å². The second kappa shape index (κ2) is 10.0. The molecule has 152 valence electrons. The maximum absolute atomic E-state index is 13.6. The van der Waals surface area contributed by atoms with E-state index in [0.717, 1.165) is 12.1 Å². The minimum absolute atomic E-state index is 0. The fourth-order valence-electron chi connectivity index (χ4n) is 2.57. The third-order valence-electron chi connectivity index (χ3n) is 3.92. The second-order valence-corrected chi connectivity index (χ2v) is 7.18. The summed E-state index contributed by atoms with van der Waals surface area (Å²) in [6, 6.07) is 3.36. The highest BCUT2D eigenvalue weighted by atomic mass is 127. The number of nitrogens with zero attached hydrogens (tertiary/aromatic N) is 3. The van der Waals surface area contributed by atoms with Crippen molar-refractivity contribution in [1.82, 2.24) is 9.80 Å². The Morgan fingerprint density at radius 3 is 2.37 bits per heavy atom. The molecule has 1 fully saturated rings. The van der Waals surface area contributed by atoms with Gasteiger partial charge in [-0.3, -0.25) is 4.99 Å². The Morgan fingerprint density at radius 2 is 1.78 bits per heavy atom. The predicted molar refractivity (Wildman–Crippen MR) is 111 cm³/mol. The van der Waals surface area contributed by atoms with Gasteiger partial charge in [0.05, 0.1) is 0 Å². The topological polar surface area (TPSA) is 71.2 Å². The van der Waals surface area contributed by atoms with Crippen LogP contribution in [0.1, 0.15) is 26.3 Å². The number of nitrogens with two attached hydrogens (primary N) is 1. The van der Waals surface area contributed by atoms with Gasteiger partial charge in [0.25, 0.3) is 0 Å². The van der Waals surface area contributed by atoms with Crippen molar-refractivity contribution in [1.29, 1.82) is 0 Å². The van der Waals surface area contributed by atoms with E-state index in [9.17, 15) is 13.6 Å². The van der Waals surface area contributed by atoms with E-state index in [2.05, 4.69) is 4.99 Å². The molecule has 1 aromatic carbocycles. The van der Waals surface area contributed by atoms with Crippen molar-refractivity contribution in [3.63, 3.8) is 0 Å². The monoisotopic (exact) mass is 496 g/mol. The molecule has 9 heteroatoms. The van der Waals surface area contributed by atoms with Crippen molar-refractivity contribution in [2.45, 2.75) is 32.8 Å². The smallest absolute Gasteiger partial charge is 0.410 e. The van der Waals surface area contributed by atoms with Gasteiger partial charge in [0, 0.05) is 32.7 Å². The first-order valence-electron chi connectivity index (χ1n) is 8.62. The number of aliphatic imine (C=N–C) groups is 1. The van der Waals surface area contributed by atoms with Gasteiger partial charge in [-0.1, -0.05) is 0 Å². The summed E-state index contributed by atoms with van der Waals surface area (Å²) >= 11 is 0. The van der Waals surface area contributed by atoms with E-state index in [4.69, 9.17) is 10.5 Å². The number of piperazine rings is 1. The van der Waals surface area contributed by atoms with E-state index in [-0.39, 0.29) is 48.6 Å². The lowest BCUT2D eigenvalue weighted by Crippen LogP contribution is -2.53. The zero-order valence-corrected chi connectivity index (χ0v) is 18.2. The molecule has 1 aliphatic rings. The highest BCUT2D eigenvalue weighted by molar-refractivity contribution is 14.0. The summed E-state index contributed by atoms with van der Waals surface area (Å²) in [5, 5.41) is 0. The number of ether oxygens (including phenoxy) is 1. The number of halogens is 3. The maximum atomic E-state index is 13.6. The summed E-state index contributed by atoms with van der Waals surface area (Å²) in [6.45, 7) is 7.81. The van der Waals surface area contributed by atoms with E-state index in [1.165, 1.54) is 6.07 Å². The Kier molecular flexibility index (Phi) is 8.70. The van der Waals surface area contributed by atoms with Crippen molar-refractivity contribution in [3.8, 4) is 0 Å². The molecule has 0 saturated carbocycles. The largest absolute Gasteiger partial charge is 0.444 e. The van der Waals surface area contributed by atoms with Crippen LogP contribution in [-0.2, 0) is 11.2 Å². The number of benzene rings is 1. The van der Waals surface area contributed by atoms with E-state index in [0.29, 0.717) is 32.1 Å². The van der Waals surface area contributed by atoms with Gasteiger partial charge < -0.3 is 20.3 Å². The molecule has 0 radical (unpaired) electrons. The summed E-state index contributed by atoms with van der Waals surface area (Å²) in [5.41, 5.74) is 5.72. The van der Waals surface area contributed by atoms with Gasteiger partial charge in [0.1, 0.15) is 17.2 Å². The third kappa shape index (κ3) is 7.47. The summed E-state index contributed by atoms with van der Waals surface area (Å²) in [5.74, 6) is -0.589. The van der Waals surface area contributed by atoms with E-state index < -0.39 is 17.2 Å². The van der Waals surface area contributed by atoms with Crippen molar-refractivity contribution >= 4 is 36.0 Å². The Hall–Kier alpha value is -1.65. The quantitative estimate of drug-likeness (QED) is 0.397. The molecule has 1 aliphatic heterocycles. The van der Waals surface area contributed by atoms with Crippen molar-refractivity contribution in [2.24, 2.45) is 10.7 Å². The lowest BCUT2D eigenvalue weighted by atomic mass is 10.1. The van der Waals surface area contributed by atoms with Crippen LogP contribution in [0, 0.1) is 11.6 Å². The normalized spacial score (nSPS) is 15.4. The van der Waals surface area contributed by atoms with Gasteiger partial charge >= 0.3 is 6.09 Å². The summed E-state index contributed by atoms with van der Waals surface area (Å²) < 4.78 is 32.1. The molecule has 1 heterocycles. The minimum Gasteiger partial charge on any atom is -0.444 e. The number of hydrogen-bond acceptors (Lipinski definition) is 3. The number of carbonyl (C=O) groups excluding carboxylic acids is 1. The summed E-state index contributed by atoms with van der Waals surface area (Å²) in [7, 11) is 0. The Labute approximate surface area is 175 Å². The molecule has 0 spiro atoms. The van der Waals surface area contributed by atoms with Crippen LogP contribution < -0.4 is 5.73 Å². The average molecular weight is 496 g/mol. The van der Waals surface area contributed by atoms with E-state index >= 15 is 0 Å². The number of rotatable bonds is 3. The Bertz CT molecular complexity index is 672. The minimum atomic E-state index is -0.527. The predicted octanol–water partition coefficient (Wildman–Crippen LogP) is 2.99. The number of hydrogen-bond donors (Lipinski definition) is 1. The first-order valence-corrected chi connectivity index (χ1v) is 8.62. The molecule has 2 rings (SSSR count). The van der Waals surface area contributed by atoms with Crippen molar-refractivity contribution in [3.05, 3.63) is 35.4 Å². The van der Waals surface area contributed by atoms with Gasteiger partial charge in [0.2, 0.25) is 0 Å². The molecule has 0 aliphatic carbocycles. The lowest BCUT2D eigenvalue weighted by Gasteiger charge is -2.36. The van der Waals surface area contributed by atoms with Gasteiger partial charge in [-0.2, -0.15) is 0 Å². The van der Waals surface area contributed by atoms with Crippen LogP contribution in [0.2, 0.25) is 0 Å². The van der Waals surface area contributed by atoms with Gasteiger partial charge in [0.15, 0.2) is 5.96 Å². The molecule has 0 aromatic heterocycles. The van der Waals surface area contributed by atoms with Crippen LogP contribution in [0.25, 0.3) is 0 Å². The first-order chi connectivity index (χ1) is 12.2. The first kappa shape index (κ1) is 23.4. The zero-order valence-electron chi connectivity index (χ0n) is 15.9. The lowest BCUT2D eigenvalue weighted by molar-refractivity contribution is 0.0186. The second-order valence-electron chi connectivity index (χ2n) is 7.18. The van der Waals surface area contributed by atoms with Crippen molar-refractivity contribution < 1.29 is 18.3 Å². The highest BCUT2D eigenvalue weighted by Gasteiger charge is 2.26. The molecule has 0 atom stereocenters. The van der Waals surface area contributed by atoms with Crippen LogP contribution in [0.4, 0.5) is 13.6 Å². The van der Waals surface area contributed by atoms with Gasteiger partial charge in [-0.05, 0) is 51.0 Å². The molecule has 2 N–H and O–H groups in total. The maximum Gasteiger partial charge on any atom is 0.410 e. The number of carbonyl (C=O) groups is 1. The van der Waals surface area contributed by atoms with E-state index in [1.54, 1.807) is 4.90 Å². The summed E-state index contributed by atoms with van der Waals surface area (Å²) in [6.07, 6.45) is -0.0726. The van der Waals surface area contributed by atoms with Crippen LogP contribution >= 0.6 is 24.0 Å². The van der Waals surface area contributed by atoms with Crippen LogP contribution in [0.3, 0.4) is 0 Å². The fraction of sp³-hybridized carbons (Fsp3) is 0.556. The SMILES string of the molecule is CC(C)(C)OC(=O)N1CCN(C(N)=NCCc2cc(F)ccc2F)CC1.I. The molecule has 1 saturated heterocycles. The molecule has 1 aromatic rings. The molecule has 27 heavy (non-hydrogen) atoms. The Balaban J connectivity index is 0.00000364. The average Bonchev–Trinajstić information content (AvgIpc) is 2.56. The molecule has 0 bridgehead atoms. The van der Waals surface area contributed by atoms with Gasteiger partial charge in [-0.15, -0.1) is 24.0 Å².